The number of hydrogen-bond donors (Lipinski definition) is 2. The van der Waals surface area contributed by atoms with Crippen LogP contribution in [0.1, 0.15) is 22.3 Å². The van der Waals surface area contributed by atoms with E-state index in [4.69, 9.17) is 18.9 Å². The van der Waals surface area contributed by atoms with Gasteiger partial charge in [0.2, 0.25) is 5.91 Å². The highest BCUT2D eigenvalue weighted by Crippen LogP contribution is 2.27. The molecule has 0 bridgehead atoms. The molecule has 0 fully saturated rings. The maximum absolute atomic E-state index is 12.2. The third-order valence-corrected chi connectivity index (χ3v) is 4.07. The minimum atomic E-state index is -0.465. The number of methoxy groups -OCH3 is 4. The van der Waals surface area contributed by atoms with Gasteiger partial charge >= 0.3 is 0 Å². The van der Waals surface area contributed by atoms with Crippen LogP contribution in [-0.4, -0.2) is 40.3 Å². The van der Waals surface area contributed by atoms with Crippen LogP contribution in [0.25, 0.3) is 0 Å². The molecule has 0 aliphatic rings. The molecule has 0 radical (unpaired) electrons. The number of ether oxygens (including phenoxy) is 4. The number of carbonyl (C=O) groups excluding carboxylic acids is 2. The fourth-order valence-corrected chi connectivity index (χ4v) is 2.56. The predicted octanol–water partition coefficient (Wildman–Crippen LogP) is 2.11. The van der Waals surface area contributed by atoms with E-state index in [1.165, 1.54) is 20.3 Å². The van der Waals surface area contributed by atoms with Crippen molar-refractivity contribution in [3.63, 3.8) is 0 Å². The highest BCUT2D eigenvalue weighted by Gasteiger charge is 2.12. The number of benzene rings is 2. The van der Waals surface area contributed by atoms with Gasteiger partial charge in [0.25, 0.3) is 5.91 Å². The van der Waals surface area contributed by atoms with Crippen LogP contribution in [-0.2, 0) is 11.2 Å². The molecule has 2 rings (SSSR count). The summed E-state index contributed by atoms with van der Waals surface area (Å²) >= 11 is 0. The maximum Gasteiger partial charge on any atom is 0.269 e. The molecule has 2 N–H and O–H groups in total. The van der Waals surface area contributed by atoms with Crippen LogP contribution in [0, 0.1) is 0 Å². The van der Waals surface area contributed by atoms with Crippen LogP contribution in [0.2, 0.25) is 0 Å². The molecule has 28 heavy (non-hydrogen) atoms. The zero-order valence-corrected chi connectivity index (χ0v) is 16.3. The van der Waals surface area contributed by atoms with Gasteiger partial charge in [-0.3, -0.25) is 20.4 Å². The number of hydrogen-bond acceptors (Lipinski definition) is 6. The van der Waals surface area contributed by atoms with E-state index in [0.29, 0.717) is 35.0 Å². The number of carbonyl (C=O) groups is 2. The molecule has 2 aromatic carbocycles. The summed E-state index contributed by atoms with van der Waals surface area (Å²) in [5.41, 5.74) is 5.95. The average molecular weight is 388 g/mol. The molecule has 0 heterocycles. The molecule has 8 heteroatoms. The Hall–Kier alpha value is -3.42. The summed E-state index contributed by atoms with van der Waals surface area (Å²) in [6.45, 7) is 0. The van der Waals surface area contributed by atoms with E-state index in [1.54, 1.807) is 38.5 Å². The summed E-state index contributed by atoms with van der Waals surface area (Å²) in [4.78, 5) is 24.3. The van der Waals surface area contributed by atoms with Gasteiger partial charge in [-0.05, 0) is 48.4 Å². The first-order valence-electron chi connectivity index (χ1n) is 8.54. The molecular formula is C20H24N2O6. The van der Waals surface area contributed by atoms with Gasteiger partial charge < -0.3 is 18.9 Å². The van der Waals surface area contributed by atoms with Gasteiger partial charge in [0.15, 0.2) is 11.5 Å². The van der Waals surface area contributed by atoms with Gasteiger partial charge in [0.1, 0.15) is 11.5 Å². The minimum Gasteiger partial charge on any atom is -0.497 e. The van der Waals surface area contributed by atoms with Crippen LogP contribution in [0.5, 0.6) is 23.0 Å². The number of aryl methyl sites for hydroxylation is 1. The summed E-state index contributed by atoms with van der Waals surface area (Å²) in [7, 11) is 6.13. The quantitative estimate of drug-likeness (QED) is 0.673. The van der Waals surface area contributed by atoms with Gasteiger partial charge in [-0.1, -0.05) is 0 Å². The molecule has 150 valence electrons. The van der Waals surface area contributed by atoms with Crippen molar-refractivity contribution in [2.45, 2.75) is 12.8 Å². The smallest absolute Gasteiger partial charge is 0.269 e. The Balaban J connectivity index is 1.91. The van der Waals surface area contributed by atoms with Crippen LogP contribution >= 0.6 is 0 Å². The molecule has 2 aromatic rings. The Bertz CT molecular complexity index is 837. The third kappa shape index (κ3) is 5.29. The first kappa shape index (κ1) is 20.9. The second-order valence-electron chi connectivity index (χ2n) is 5.75. The summed E-state index contributed by atoms with van der Waals surface area (Å²) in [5, 5.41) is 0. The highest BCUT2D eigenvalue weighted by molar-refractivity contribution is 5.96. The standard InChI is InChI=1S/C20H24N2O6/c1-25-15-7-9-16(26-2)13(11-15)6-10-19(23)21-22-20(24)14-5-8-17(27-3)18(12-14)28-4/h5,7-9,11-12H,6,10H2,1-4H3,(H,21,23)(H,22,24). The molecular weight excluding hydrogens is 364 g/mol. The molecule has 0 atom stereocenters. The van der Waals surface area contributed by atoms with Crippen molar-refractivity contribution in [2.75, 3.05) is 28.4 Å². The van der Waals surface area contributed by atoms with E-state index in [-0.39, 0.29) is 12.3 Å². The third-order valence-electron chi connectivity index (χ3n) is 4.07. The minimum absolute atomic E-state index is 0.162. The molecule has 0 aromatic heterocycles. The van der Waals surface area contributed by atoms with E-state index < -0.39 is 5.91 Å². The zero-order valence-electron chi connectivity index (χ0n) is 16.3. The Kier molecular flexibility index (Phi) is 7.50. The highest BCUT2D eigenvalue weighted by atomic mass is 16.5. The average Bonchev–Trinajstić information content (AvgIpc) is 2.74. The van der Waals surface area contributed by atoms with Gasteiger partial charge in [-0.25, -0.2) is 0 Å². The largest absolute Gasteiger partial charge is 0.497 e. The lowest BCUT2D eigenvalue weighted by Gasteiger charge is -2.12. The second kappa shape index (κ2) is 10.1. The first-order valence-corrected chi connectivity index (χ1v) is 8.54. The molecule has 8 nitrogen and oxygen atoms in total. The summed E-state index contributed by atoms with van der Waals surface area (Å²) in [6.07, 6.45) is 0.591. The molecule has 0 spiro atoms. The fourth-order valence-electron chi connectivity index (χ4n) is 2.56. The van der Waals surface area contributed by atoms with E-state index in [1.807, 2.05) is 6.07 Å². The van der Waals surface area contributed by atoms with Crippen LogP contribution in [0.4, 0.5) is 0 Å². The predicted molar refractivity (Wildman–Crippen MR) is 103 cm³/mol. The van der Waals surface area contributed by atoms with Gasteiger partial charge in [0, 0.05) is 12.0 Å². The monoisotopic (exact) mass is 388 g/mol. The molecule has 2 amide bonds. The van der Waals surface area contributed by atoms with Crippen LogP contribution < -0.4 is 29.8 Å². The van der Waals surface area contributed by atoms with Crippen molar-refractivity contribution in [3.05, 3.63) is 47.5 Å². The van der Waals surface area contributed by atoms with Crippen molar-refractivity contribution < 1.29 is 28.5 Å². The second-order valence-corrected chi connectivity index (χ2v) is 5.75. The Morgan fingerprint density at radius 2 is 1.46 bits per heavy atom. The summed E-state index contributed by atoms with van der Waals surface area (Å²) in [5.74, 6) is 1.48. The topological polar surface area (TPSA) is 95.1 Å². The van der Waals surface area contributed by atoms with Crippen molar-refractivity contribution in [1.29, 1.82) is 0 Å². The van der Waals surface area contributed by atoms with Gasteiger partial charge in [-0.2, -0.15) is 0 Å². The van der Waals surface area contributed by atoms with Gasteiger partial charge in [0.05, 0.1) is 28.4 Å². The van der Waals surface area contributed by atoms with Crippen LogP contribution in [0.3, 0.4) is 0 Å². The molecule has 0 unspecified atom stereocenters. The van der Waals surface area contributed by atoms with Crippen molar-refractivity contribution in [3.8, 4) is 23.0 Å². The summed E-state index contributed by atoms with van der Waals surface area (Å²) < 4.78 is 20.8. The van der Waals surface area contributed by atoms with Crippen molar-refractivity contribution in [1.82, 2.24) is 10.9 Å². The lowest BCUT2D eigenvalue weighted by Crippen LogP contribution is -2.41. The molecule has 0 aliphatic carbocycles. The van der Waals surface area contributed by atoms with Crippen molar-refractivity contribution >= 4 is 11.8 Å². The number of rotatable bonds is 8. The lowest BCUT2D eigenvalue weighted by molar-refractivity contribution is -0.121. The van der Waals surface area contributed by atoms with Gasteiger partial charge in [-0.15, -0.1) is 0 Å². The number of amides is 2. The zero-order chi connectivity index (χ0) is 20.5. The Morgan fingerprint density at radius 3 is 2.11 bits per heavy atom. The first-order chi connectivity index (χ1) is 13.5. The van der Waals surface area contributed by atoms with Crippen LogP contribution in [0.15, 0.2) is 36.4 Å². The summed E-state index contributed by atoms with van der Waals surface area (Å²) in [6, 6.07) is 10.1. The molecule has 0 saturated heterocycles. The van der Waals surface area contributed by atoms with Crippen molar-refractivity contribution in [2.24, 2.45) is 0 Å². The SMILES string of the molecule is COc1ccc(OC)c(CCC(=O)NNC(=O)c2ccc(OC)c(OC)c2)c1. The van der Waals surface area contributed by atoms with E-state index in [9.17, 15) is 9.59 Å². The number of hydrazine groups is 1. The fraction of sp³-hybridized carbons (Fsp3) is 0.300. The lowest BCUT2D eigenvalue weighted by atomic mass is 10.1. The maximum atomic E-state index is 12.2. The Labute approximate surface area is 163 Å². The normalized spacial score (nSPS) is 10.0. The van der Waals surface area contributed by atoms with E-state index in [0.717, 1.165) is 5.56 Å². The number of nitrogens with one attached hydrogen (secondary N) is 2. The van der Waals surface area contributed by atoms with E-state index >= 15 is 0 Å². The van der Waals surface area contributed by atoms with E-state index in [2.05, 4.69) is 10.9 Å². The molecule has 0 aliphatic heterocycles. The Morgan fingerprint density at radius 1 is 0.786 bits per heavy atom. The molecule has 0 saturated carbocycles.